The monoisotopic (exact) mass is 470 g/mol. The molecular weight excluding hydrogens is 450 g/mol. The Kier molecular flexibility index (Phi) is 7.09. The molecule has 1 aliphatic heterocycles. The normalized spacial score (nSPS) is 12.0. The molecule has 4 rings (SSSR count). The van der Waals surface area contributed by atoms with Crippen LogP contribution in [0, 0.1) is 0 Å². The molecule has 3 aromatic rings. The molecule has 0 saturated carbocycles. The number of fused-ring (bicyclic) bond motifs is 2. The van der Waals surface area contributed by atoms with Crippen molar-refractivity contribution in [2.45, 2.75) is 22.8 Å². The third kappa shape index (κ3) is 5.81. The van der Waals surface area contributed by atoms with E-state index in [0.717, 1.165) is 21.2 Å². The Balaban J connectivity index is 1.29. The molecule has 1 aliphatic rings. The predicted octanol–water partition coefficient (Wildman–Crippen LogP) is 5.46. The van der Waals surface area contributed by atoms with Gasteiger partial charge in [0.2, 0.25) is 0 Å². The third-order valence-corrected chi connectivity index (χ3v) is 5.93. The first-order chi connectivity index (χ1) is 16.0. The fraction of sp³-hybridized carbons (Fsp3) is 0.167. The van der Waals surface area contributed by atoms with Gasteiger partial charge in [0.1, 0.15) is 5.75 Å². The largest absolute Gasteiger partial charge is 0.456 e. The number of anilines is 3. The smallest absolute Gasteiger partial charge is 0.387 e. The number of ether oxygens (including phenoxy) is 2. The van der Waals surface area contributed by atoms with E-state index in [1.165, 1.54) is 24.3 Å². The van der Waals surface area contributed by atoms with Crippen LogP contribution in [0.3, 0.4) is 0 Å². The van der Waals surface area contributed by atoms with E-state index in [2.05, 4.69) is 15.0 Å². The molecule has 0 spiro atoms. The van der Waals surface area contributed by atoms with Crippen LogP contribution in [-0.2, 0) is 14.3 Å². The highest BCUT2D eigenvalue weighted by Crippen LogP contribution is 2.47. The zero-order valence-corrected chi connectivity index (χ0v) is 18.2. The zero-order valence-electron chi connectivity index (χ0n) is 17.4. The minimum atomic E-state index is -2.92. The van der Waals surface area contributed by atoms with Crippen LogP contribution in [0.5, 0.6) is 5.75 Å². The standard InChI is InChI=1S/C24H20F2N2O4S/c25-24(26)32-17-11-9-16(10-12-17)27-22(29)15-31-23(30)13-14-28-18-5-1-3-7-20(18)33-21-8-4-2-6-19(21)28/h1-12,24H,13-15H2,(H,27,29). The van der Waals surface area contributed by atoms with Crippen LogP contribution >= 0.6 is 11.8 Å². The number of nitrogens with zero attached hydrogens (tertiary/aromatic N) is 1. The minimum absolute atomic E-state index is 0.0197. The molecule has 1 heterocycles. The van der Waals surface area contributed by atoms with E-state index in [0.29, 0.717) is 12.2 Å². The second-order valence-electron chi connectivity index (χ2n) is 7.05. The van der Waals surface area contributed by atoms with E-state index >= 15 is 0 Å². The lowest BCUT2D eigenvalue weighted by molar-refractivity contribution is -0.147. The van der Waals surface area contributed by atoms with Crippen LogP contribution in [-0.4, -0.2) is 31.6 Å². The molecule has 1 N–H and O–H groups in total. The van der Waals surface area contributed by atoms with E-state index < -0.39 is 25.1 Å². The van der Waals surface area contributed by atoms with Gasteiger partial charge in [-0.3, -0.25) is 9.59 Å². The summed E-state index contributed by atoms with van der Waals surface area (Å²) in [7, 11) is 0. The quantitative estimate of drug-likeness (QED) is 0.441. The fourth-order valence-electron chi connectivity index (χ4n) is 3.36. The number of halogens is 2. The molecule has 0 unspecified atom stereocenters. The van der Waals surface area contributed by atoms with Crippen molar-refractivity contribution in [2.24, 2.45) is 0 Å². The maximum absolute atomic E-state index is 12.3. The molecule has 0 atom stereocenters. The number of carbonyl (C=O) groups excluding carboxylic acids is 2. The SMILES string of the molecule is O=C(COC(=O)CCN1c2ccccc2Sc2ccccc21)Nc1ccc(OC(F)F)cc1. The highest BCUT2D eigenvalue weighted by Gasteiger charge is 2.23. The Labute approximate surface area is 193 Å². The maximum Gasteiger partial charge on any atom is 0.387 e. The van der Waals surface area contributed by atoms with Crippen molar-refractivity contribution < 1.29 is 27.8 Å². The van der Waals surface area contributed by atoms with Gasteiger partial charge in [0.05, 0.1) is 17.8 Å². The second-order valence-corrected chi connectivity index (χ2v) is 8.13. The van der Waals surface area contributed by atoms with Gasteiger partial charge in [-0.25, -0.2) is 0 Å². The lowest BCUT2D eigenvalue weighted by Crippen LogP contribution is -2.26. The first-order valence-corrected chi connectivity index (χ1v) is 10.9. The van der Waals surface area contributed by atoms with Gasteiger partial charge in [0.25, 0.3) is 5.91 Å². The molecule has 9 heteroatoms. The van der Waals surface area contributed by atoms with Crippen LogP contribution in [0.25, 0.3) is 0 Å². The molecule has 0 aromatic heterocycles. The number of rotatable bonds is 8. The van der Waals surface area contributed by atoms with Crippen LogP contribution in [0.15, 0.2) is 82.6 Å². The molecular formula is C24H20F2N2O4S. The number of amides is 1. The number of carbonyl (C=O) groups is 2. The van der Waals surface area contributed by atoms with E-state index in [9.17, 15) is 18.4 Å². The Bertz CT molecular complexity index is 1100. The van der Waals surface area contributed by atoms with Crippen molar-refractivity contribution in [3.8, 4) is 5.75 Å². The van der Waals surface area contributed by atoms with Crippen molar-refractivity contribution in [3.63, 3.8) is 0 Å². The van der Waals surface area contributed by atoms with Crippen LogP contribution in [0.2, 0.25) is 0 Å². The molecule has 3 aromatic carbocycles. The molecule has 6 nitrogen and oxygen atoms in total. The van der Waals surface area contributed by atoms with Gasteiger partial charge >= 0.3 is 12.6 Å². The number of hydrogen-bond acceptors (Lipinski definition) is 6. The lowest BCUT2D eigenvalue weighted by Gasteiger charge is -2.32. The summed E-state index contributed by atoms with van der Waals surface area (Å²) < 4.78 is 33.7. The average Bonchev–Trinajstić information content (AvgIpc) is 2.81. The summed E-state index contributed by atoms with van der Waals surface area (Å²) in [5.41, 5.74) is 2.41. The van der Waals surface area contributed by atoms with E-state index in [1.807, 2.05) is 48.5 Å². The number of nitrogens with one attached hydrogen (secondary N) is 1. The number of hydrogen-bond donors (Lipinski definition) is 1. The fourth-order valence-corrected chi connectivity index (χ4v) is 4.46. The number of para-hydroxylation sites is 2. The first kappa shape index (κ1) is 22.6. The average molecular weight is 470 g/mol. The zero-order chi connectivity index (χ0) is 23.2. The van der Waals surface area contributed by atoms with Gasteiger partial charge in [0.15, 0.2) is 6.61 Å². The molecule has 0 aliphatic carbocycles. The maximum atomic E-state index is 12.3. The second kappa shape index (κ2) is 10.4. The van der Waals surface area contributed by atoms with Crippen molar-refractivity contribution in [2.75, 3.05) is 23.4 Å². The molecule has 0 radical (unpaired) electrons. The van der Waals surface area contributed by atoms with E-state index in [4.69, 9.17) is 4.74 Å². The Morgan fingerprint density at radius 3 is 2.12 bits per heavy atom. The Hall–Kier alpha value is -3.59. The van der Waals surface area contributed by atoms with Gasteiger partial charge in [-0.2, -0.15) is 8.78 Å². The molecule has 33 heavy (non-hydrogen) atoms. The third-order valence-electron chi connectivity index (χ3n) is 4.80. The summed E-state index contributed by atoms with van der Waals surface area (Å²) in [5, 5.41) is 2.54. The van der Waals surface area contributed by atoms with Gasteiger partial charge in [0, 0.05) is 22.0 Å². The Morgan fingerprint density at radius 1 is 0.909 bits per heavy atom. The minimum Gasteiger partial charge on any atom is -0.456 e. The predicted molar refractivity (Wildman–Crippen MR) is 121 cm³/mol. The topological polar surface area (TPSA) is 67.9 Å². The van der Waals surface area contributed by atoms with E-state index in [1.54, 1.807) is 11.8 Å². The molecule has 0 saturated heterocycles. The van der Waals surface area contributed by atoms with Gasteiger partial charge < -0.3 is 19.7 Å². The highest BCUT2D eigenvalue weighted by atomic mass is 32.2. The Morgan fingerprint density at radius 2 is 1.52 bits per heavy atom. The van der Waals surface area contributed by atoms with Crippen molar-refractivity contribution in [1.29, 1.82) is 0 Å². The van der Waals surface area contributed by atoms with Gasteiger partial charge in [-0.05, 0) is 48.5 Å². The summed E-state index contributed by atoms with van der Waals surface area (Å²) >= 11 is 1.68. The van der Waals surface area contributed by atoms with Crippen LogP contribution in [0.4, 0.5) is 25.8 Å². The van der Waals surface area contributed by atoms with E-state index in [-0.39, 0.29) is 12.2 Å². The molecule has 0 bridgehead atoms. The summed E-state index contributed by atoms with van der Waals surface area (Å²) in [4.78, 5) is 28.6. The summed E-state index contributed by atoms with van der Waals surface area (Å²) in [6.07, 6.45) is 0.0975. The summed E-state index contributed by atoms with van der Waals surface area (Å²) in [5.74, 6) is -1.05. The molecule has 1 amide bonds. The number of esters is 1. The molecule has 0 fully saturated rings. The van der Waals surface area contributed by atoms with Crippen LogP contribution < -0.4 is 15.0 Å². The van der Waals surface area contributed by atoms with Crippen molar-refractivity contribution in [1.82, 2.24) is 0 Å². The summed E-state index contributed by atoms with van der Waals surface area (Å²) in [6, 6.07) is 21.4. The first-order valence-electron chi connectivity index (χ1n) is 10.1. The highest BCUT2D eigenvalue weighted by molar-refractivity contribution is 7.99. The lowest BCUT2D eigenvalue weighted by atomic mass is 10.2. The van der Waals surface area contributed by atoms with Crippen LogP contribution in [0.1, 0.15) is 6.42 Å². The van der Waals surface area contributed by atoms with Crippen molar-refractivity contribution >= 4 is 40.7 Å². The van der Waals surface area contributed by atoms with Gasteiger partial charge in [-0.15, -0.1) is 0 Å². The van der Waals surface area contributed by atoms with Crippen molar-refractivity contribution in [3.05, 3.63) is 72.8 Å². The summed E-state index contributed by atoms with van der Waals surface area (Å²) in [6.45, 7) is -2.96. The van der Waals surface area contributed by atoms with Gasteiger partial charge in [-0.1, -0.05) is 36.0 Å². The molecule has 170 valence electrons. The number of alkyl halides is 2. The number of benzene rings is 3.